The normalized spacial score (nSPS) is 18.5. The monoisotopic (exact) mass is 234 g/mol. The summed E-state index contributed by atoms with van der Waals surface area (Å²) in [6.45, 7) is 11.9. The van der Waals surface area contributed by atoms with Crippen LogP contribution in [0, 0.1) is 10.8 Å². The molecule has 0 fully saturated rings. The lowest BCUT2D eigenvalue weighted by molar-refractivity contribution is -0.139. The Morgan fingerprint density at radius 2 is 1.65 bits per heavy atom. The first kappa shape index (κ1) is 16.6. The van der Waals surface area contributed by atoms with Gasteiger partial charge in [-0.2, -0.15) is 0 Å². The Morgan fingerprint density at radius 3 is 1.94 bits per heavy atom. The molecule has 2 atom stereocenters. The average molecular weight is 234 g/mol. The topological polar surface area (TPSA) is 37.3 Å². The minimum atomic E-state index is -0.837. The zero-order chi connectivity index (χ0) is 14.1. The van der Waals surface area contributed by atoms with Crippen molar-refractivity contribution < 1.29 is 9.90 Å². The van der Waals surface area contributed by atoms with Gasteiger partial charge in [-0.3, -0.25) is 4.79 Å². The summed E-state index contributed by atoms with van der Waals surface area (Å²) in [6.07, 6.45) is 0.928. The third-order valence-corrected chi connectivity index (χ3v) is 4.44. The maximum Gasteiger partial charge on any atom is 0.303 e. The van der Waals surface area contributed by atoms with Gasteiger partial charge in [0.15, 0.2) is 0 Å². The summed E-state index contributed by atoms with van der Waals surface area (Å²) in [7, 11) is 12.6. The molecule has 4 heteroatoms. The number of carboxylic acids is 1. The van der Waals surface area contributed by atoms with Gasteiger partial charge in [-0.25, -0.2) is 0 Å². The van der Waals surface area contributed by atoms with Gasteiger partial charge in [0.25, 0.3) is 0 Å². The molecule has 0 aromatic rings. The summed E-state index contributed by atoms with van der Waals surface area (Å²) in [5, 5.41) is 8.32. The van der Waals surface area contributed by atoms with Crippen molar-refractivity contribution in [2.75, 3.05) is 0 Å². The van der Waals surface area contributed by atoms with Gasteiger partial charge in [0.2, 0.25) is 0 Å². The van der Waals surface area contributed by atoms with Crippen molar-refractivity contribution in [3.05, 3.63) is 0 Å². The van der Waals surface area contributed by atoms with Crippen LogP contribution in [0.2, 0.25) is 11.1 Å². The second kappa shape index (κ2) is 5.07. The molecule has 0 aliphatic rings. The van der Waals surface area contributed by atoms with E-state index in [1.807, 2.05) is 20.8 Å². The minimum Gasteiger partial charge on any atom is -0.481 e. The van der Waals surface area contributed by atoms with Crippen molar-refractivity contribution in [1.82, 2.24) is 0 Å². The molecule has 1 N–H and O–H groups in total. The molecule has 0 rings (SSSR count). The smallest absolute Gasteiger partial charge is 0.303 e. The van der Waals surface area contributed by atoms with Crippen molar-refractivity contribution in [1.29, 1.82) is 0 Å². The van der Waals surface area contributed by atoms with Crippen LogP contribution in [0.15, 0.2) is 0 Å². The number of carbonyl (C=O) groups is 1. The van der Waals surface area contributed by atoms with E-state index in [1.54, 1.807) is 0 Å². The Morgan fingerprint density at radius 1 is 1.24 bits per heavy atom. The number of rotatable bonds is 6. The van der Waals surface area contributed by atoms with E-state index in [4.69, 9.17) is 20.8 Å². The molecule has 2 unspecified atom stereocenters. The predicted octanol–water partition coefficient (Wildman–Crippen LogP) is 3.23. The Kier molecular flexibility index (Phi) is 4.95. The zero-order valence-corrected chi connectivity index (χ0v) is 12.0. The quantitative estimate of drug-likeness (QED) is 0.716. The summed E-state index contributed by atoms with van der Waals surface area (Å²) in [5.41, 5.74) is -0.663. The van der Waals surface area contributed by atoms with Crippen LogP contribution in [0.25, 0.3) is 0 Å². The summed E-state index contributed by atoms with van der Waals surface area (Å²) in [4.78, 5) is 10.9. The molecule has 4 radical (unpaired) electrons. The highest BCUT2D eigenvalue weighted by molar-refractivity contribution is 6.24. The van der Waals surface area contributed by atoms with E-state index >= 15 is 0 Å². The number of hydrogen-bond donors (Lipinski definition) is 1. The summed E-state index contributed by atoms with van der Waals surface area (Å²) >= 11 is 0. The van der Waals surface area contributed by atoms with Crippen LogP contribution >= 0.6 is 0 Å². The van der Waals surface area contributed by atoms with Gasteiger partial charge in [0.1, 0.15) is 0 Å². The molecule has 0 saturated heterocycles. The van der Waals surface area contributed by atoms with Crippen LogP contribution in [0.3, 0.4) is 0 Å². The fourth-order valence-corrected chi connectivity index (χ4v) is 2.11. The van der Waals surface area contributed by atoms with E-state index in [0.29, 0.717) is 0 Å². The first-order chi connectivity index (χ1) is 7.38. The highest BCUT2D eigenvalue weighted by Crippen LogP contribution is 2.58. The maximum atomic E-state index is 10.9. The molecule has 0 amide bonds. The van der Waals surface area contributed by atoms with Gasteiger partial charge < -0.3 is 5.11 Å². The maximum absolute atomic E-state index is 10.9. The minimum absolute atomic E-state index is 0.0285. The molecule has 17 heavy (non-hydrogen) atoms. The average Bonchev–Trinajstić information content (AvgIpc) is 2.14. The second-order valence-electron chi connectivity index (χ2n) is 6.56. The molecule has 0 aliphatic carbocycles. The van der Waals surface area contributed by atoms with Crippen molar-refractivity contribution in [3.8, 4) is 0 Å². The molecule has 0 heterocycles. The molecule has 0 aromatic heterocycles. The van der Waals surface area contributed by atoms with Gasteiger partial charge in [0, 0.05) is 6.42 Å². The number of hydrogen-bond acceptors (Lipinski definition) is 1. The summed E-state index contributed by atoms with van der Waals surface area (Å²) in [5.74, 6) is -1.21. The fraction of sp³-hybridized carbons (Fsp3) is 0.923. The lowest BCUT2D eigenvalue weighted by Gasteiger charge is -2.52. The molecular formula is C13H24B2O2. The van der Waals surface area contributed by atoms with E-state index in [-0.39, 0.29) is 17.7 Å². The second-order valence-corrected chi connectivity index (χ2v) is 6.56. The van der Waals surface area contributed by atoms with Gasteiger partial charge in [-0.1, -0.05) is 59.1 Å². The van der Waals surface area contributed by atoms with Crippen LogP contribution < -0.4 is 0 Å². The summed E-state index contributed by atoms with van der Waals surface area (Å²) in [6, 6.07) is 0. The van der Waals surface area contributed by atoms with Crippen molar-refractivity contribution in [2.24, 2.45) is 10.8 Å². The number of aliphatic carboxylic acids is 1. The highest BCUT2D eigenvalue weighted by atomic mass is 16.4. The molecule has 0 aromatic carbocycles. The van der Waals surface area contributed by atoms with Crippen LogP contribution in [0.4, 0.5) is 0 Å². The third-order valence-electron chi connectivity index (χ3n) is 4.44. The Balaban J connectivity index is 5.15. The van der Waals surface area contributed by atoms with Crippen molar-refractivity contribution in [2.45, 2.75) is 65.5 Å². The first-order valence-electron chi connectivity index (χ1n) is 6.14. The van der Waals surface area contributed by atoms with E-state index in [0.717, 1.165) is 6.42 Å². The fourth-order valence-electron chi connectivity index (χ4n) is 2.11. The van der Waals surface area contributed by atoms with E-state index in [9.17, 15) is 4.79 Å². The van der Waals surface area contributed by atoms with Crippen LogP contribution in [-0.2, 0) is 4.79 Å². The van der Waals surface area contributed by atoms with Gasteiger partial charge >= 0.3 is 5.97 Å². The highest BCUT2D eigenvalue weighted by Gasteiger charge is 2.45. The van der Waals surface area contributed by atoms with Gasteiger partial charge in [0.05, 0.1) is 15.7 Å². The Hall–Kier alpha value is -0.400. The standard InChI is InChI=1S/C13H24B2O2/c1-7-12(4,5)13(6,15)10(14)11(2,3)8-9(16)17/h10H,7-8H2,1-6H3,(H,16,17). The van der Waals surface area contributed by atoms with Crippen molar-refractivity contribution >= 4 is 21.7 Å². The molecule has 0 saturated carbocycles. The first-order valence-corrected chi connectivity index (χ1v) is 6.14. The van der Waals surface area contributed by atoms with E-state index < -0.39 is 16.7 Å². The third kappa shape index (κ3) is 3.53. The molecular weight excluding hydrogens is 210 g/mol. The number of carboxylic acid groups (broad SMARTS) is 1. The van der Waals surface area contributed by atoms with Gasteiger partial charge in [-0.05, 0) is 10.8 Å². The lowest BCUT2D eigenvalue weighted by Crippen LogP contribution is -2.40. The summed E-state index contributed by atoms with van der Waals surface area (Å²) < 4.78 is 0. The Labute approximate surface area is 108 Å². The van der Waals surface area contributed by atoms with E-state index in [2.05, 4.69) is 20.8 Å². The SMILES string of the molecule is [B]C(C(C)(C)CC(=O)O)C([B])(C)C(C)(C)CC. The Bertz CT molecular complexity index is 283. The molecule has 94 valence electrons. The molecule has 0 aliphatic heterocycles. The molecule has 0 bridgehead atoms. The molecule has 0 spiro atoms. The predicted molar refractivity (Wildman–Crippen MR) is 73.7 cm³/mol. The lowest BCUT2D eigenvalue weighted by atomic mass is 9.39. The molecule has 2 nitrogen and oxygen atoms in total. The zero-order valence-electron chi connectivity index (χ0n) is 12.0. The largest absolute Gasteiger partial charge is 0.481 e. The van der Waals surface area contributed by atoms with Gasteiger partial charge in [-0.15, -0.1) is 0 Å². The van der Waals surface area contributed by atoms with Crippen molar-refractivity contribution in [3.63, 3.8) is 0 Å². The van der Waals surface area contributed by atoms with Crippen LogP contribution in [0.1, 0.15) is 54.4 Å². The van der Waals surface area contributed by atoms with E-state index in [1.165, 1.54) is 0 Å². The van der Waals surface area contributed by atoms with Crippen LogP contribution in [0.5, 0.6) is 0 Å². The van der Waals surface area contributed by atoms with Crippen LogP contribution in [-0.4, -0.2) is 26.8 Å².